The molecular weight excluding hydrogens is 290 g/mol. The van der Waals surface area contributed by atoms with Crippen molar-refractivity contribution in [2.45, 2.75) is 97.4 Å². The third kappa shape index (κ3) is 7.55. The Morgan fingerprint density at radius 3 is 2.21 bits per heavy atom. The van der Waals surface area contributed by atoms with E-state index in [0.29, 0.717) is 12.0 Å². The number of hydrogen-bond donors (Lipinski definition) is 1. The fourth-order valence-electron chi connectivity index (χ4n) is 3.45. The van der Waals surface area contributed by atoms with Crippen LogP contribution >= 0.6 is 0 Å². The van der Waals surface area contributed by atoms with Gasteiger partial charge in [-0.25, -0.2) is 0 Å². The summed E-state index contributed by atoms with van der Waals surface area (Å²) in [6.45, 7) is 13.3. The van der Waals surface area contributed by atoms with Crippen molar-refractivity contribution in [1.29, 1.82) is 0 Å². The molecule has 0 spiro atoms. The third-order valence-electron chi connectivity index (χ3n) is 5.03. The molecule has 2 unspecified atom stereocenters. The van der Waals surface area contributed by atoms with E-state index in [1.54, 1.807) is 0 Å². The topological polar surface area (TPSA) is 12.0 Å². The van der Waals surface area contributed by atoms with Gasteiger partial charge in [0.25, 0.3) is 0 Å². The highest BCUT2D eigenvalue weighted by Gasteiger charge is 2.17. The predicted octanol–water partition coefficient (Wildman–Crippen LogP) is 6.99. The summed E-state index contributed by atoms with van der Waals surface area (Å²) in [4.78, 5) is 0. The fourth-order valence-corrected chi connectivity index (χ4v) is 3.45. The zero-order valence-corrected chi connectivity index (χ0v) is 16.5. The molecule has 1 aromatic rings. The lowest BCUT2D eigenvalue weighted by Gasteiger charge is -2.26. The molecule has 1 rings (SSSR count). The van der Waals surface area contributed by atoms with Crippen LogP contribution in [0.5, 0.6) is 0 Å². The van der Waals surface area contributed by atoms with Crippen molar-refractivity contribution >= 4 is 0 Å². The monoisotopic (exact) mass is 329 g/mol. The van der Waals surface area contributed by atoms with Gasteiger partial charge in [0.1, 0.15) is 0 Å². The molecule has 0 aromatic heterocycles. The molecule has 0 bridgehead atoms. The Balaban J connectivity index is 2.53. The van der Waals surface area contributed by atoms with Gasteiger partial charge in [-0.2, -0.15) is 0 Å². The zero-order valence-electron chi connectivity index (χ0n) is 16.5. The second-order valence-corrected chi connectivity index (χ2v) is 7.21. The summed E-state index contributed by atoms with van der Waals surface area (Å²) in [6.07, 6.45) is 11.2. The molecule has 0 aliphatic rings. The van der Waals surface area contributed by atoms with E-state index < -0.39 is 0 Å². The number of unbranched alkanes of at least 4 members (excludes halogenated alkanes) is 4. The van der Waals surface area contributed by atoms with Crippen LogP contribution in [-0.4, -0.2) is 6.04 Å². The summed E-state index contributed by atoms with van der Waals surface area (Å²) in [6, 6.07) is 9.75. The maximum atomic E-state index is 4.24. The van der Waals surface area contributed by atoms with Gasteiger partial charge < -0.3 is 5.32 Å². The van der Waals surface area contributed by atoms with Crippen LogP contribution in [0.4, 0.5) is 0 Å². The molecule has 1 N–H and O–H groups in total. The van der Waals surface area contributed by atoms with Gasteiger partial charge in [-0.1, -0.05) is 77.3 Å². The quantitative estimate of drug-likeness (QED) is 0.385. The molecule has 0 fully saturated rings. The average Bonchev–Trinajstić information content (AvgIpc) is 2.58. The summed E-state index contributed by atoms with van der Waals surface area (Å²) in [5.41, 5.74) is 4.13. The van der Waals surface area contributed by atoms with Gasteiger partial charge in [0, 0.05) is 17.7 Å². The maximum absolute atomic E-state index is 4.24. The molecule has 1 aromatic carbocycles. The number of benzene rings is 1. The smallest absolute Gasteiger partial charge is 0.0298 e. The van der Waals surface area contributed by atoms with E-state index in [0.717, 1.165) is 12.8 Å². The Bertz CT molecular complexity index is 446. The first-order valence-corrected chi connectivity index (χ1v) is 10.1. The highest BCUT2D eigenvalue weighted by molar-refractivity contribution is 5.27. The lowest BCUT2D eigenvalue weighted by atomic mass is 9.89. The summed E-state index contributed by atoms with van der Waals surface area (Å²) in [5, 5.41) is 3.66. The van der Waals surface area contributed by atoms with Crippen LogP contribution in [0.3, 0.4) is 0 Å². The molecule has 0 aliphatic heterocycles. The molecule has 136 valence electrons. The van der Waals surface area contributed by atoms with Crippen molar-refractivity contribution in [2.24, 2.45) is 0 Å². The van der Waals surface area contributed by atoms with Crippen LogP contribution < -0.4 is 5.32 Å². The van der Waals surface area contributed by atoms with Gasteiger partial charge >= 0.3 is 0 Å². The minimum Gasteiger partial charge on any atom is -0.386 e. The molecular formula is C23H39N. The first-order chi connectivity index (χ1) is 11.6. The Hall–Kier alpha value is -1.24. The van der Waals surface area contributed by atoms with Gasteiger partial charge in [0.15, 0.2) is 0 Å². The Morgan fingerprint density at radius 1 is 0.958 bits per heavy atom. The molecule has 24 heavy (non-hydrogen) atoms. The maximum Gasteiger partial charge on any atom is 0.0298 e. The van der Waals surface area contributed by atoms with E-state index >= 15 is 0 Å². The Morgan fingerprint density at radius 2 is 1.62 bits per heavy atom. The van der Waals surface area contributed by atoms with Crippen molar-refractivity contribution in [3.05, 3.63) is 47.7 Å². The Kier molecular flexibility index (Phi) is 10.5. The predicted molar refractivity (Wildman–Crippen MR) is 109 cm³/mol. The van der Waals surface area contributed by atoms with Gasteiger partial charge in [-0.15, -0.1) is 0 Å². The number of allylic oxidation sites excluding steroid dienone is 1. The van der Waals surface area contributed by atoms with Crippen molar-refractivity contribution in [3.8, 4) is 0 Å². The molecule has 0 aliphatic carbocycles. The summed E-state index contributed by atoms with van der Waals surface area (Å²) in [7, 11) is 0. The SMILES string of the molecule is C=C(CCCCCC)NC(C)C(CC)c1ccc(CCCC)cc1. The second kappa shape index (κ2) is 12.2. The van der Waals surface area contributed by atoms with Gasteiger partial charge in [-0.3, -0.25) is 0 Å². The zero-order chi connectivity index (χ0) is 17.8. The molecule has 0 amide bonds. The van der Waals surface area contributed by atoms with Crippen LogP contribution in [-0.2, 0) is 6.42 Å². The Labute approximate surface area is 150 Å². The largest absolute Gasteiger partial charge is 0.386 e. The summed E-state index contributed by atoms with van der Waals surface area (Å²) >= 11 is 0. The standard InChI is InChI=1S/C23H39N/c1-6-9-11-12-13-19(4)24-20(5)23(8-3)22-17-15-21(16-18-22)14-10-7-2/h15-18,20,23-24H,4,6-14H2,1-3,5H3. The van der Waals surface area contributed by atoms with Crippen LogP contribution in [0.2, 0.25) is 0 Å². The van der Waals surface area contributed by atoms with Crippen LogP contribution in [0.1, 0.15) is 96.1 Å². The number of hydrogen-bond acceptors (Lipinski definition) is 1. The van der Waals surface area contributed by atoms with Crippen LogP contribution in [0, 0.1) is 0 Å². The van der Waals surface area contributed by atoms with Crippen molar-refractivity contribution in [2.75, 3.05) is 0 Å². The van der Waals surface area contributed by atoms with Crippen LogP contribution in [0.25, 0.3) is 0 Å². The van der Waals surface area contributed by atoms with Gasteiger partial charge in [-0.05, 0) is 50.2 Å². The molecule has 1 heteroatoms. The van der Waals surface area contributed by atoms with Gasteiger partial charge in [0.2, 0.25) is 0 Å². The van der Waals surface area contributed by atoms with Crippen molar-refractivity contribution < 1.29 is 0 Å². The highest BCUT2D eigenvalue weighted by atomic mass is 14.9. The first kappa shape index (κ1) is 20.8. The third-order valence-corrected chi connectivity index (χ3v) is 5.03. The summed E-state index contributed by atoms with van der Waals surface area (Å²) < 4.78 is 0. The van der Waals surface area contributed by atoms with E-state index in [1.165, 1.54) is 61.8 Å². The summed E-state index contributed by atoms with van der Waals surface area (Å²) in [5.74, 6) is 0.553. The van der Waals surface area contributed by atoms with Crippen molar-refractivity contribution in [1.82, 2.24) is 5.32 Å². The molecule has 0 saturated heterocycles. The minimum absolute atomic E-state index is 0.440. The molecule has 0 radical (unpaired) electrons. The fraction of sp³-hybridized carbons (Fsp3) is 0.652. The normalized spacial score (nSPS) is 13.5. The first-order valence-electron chi connectivity index (χ1n) is 10.1. The lowest BCUT2D eigenvalue weighted by molar-refractivity contribution is 0.475. The second-order valence-electron chi connectivity index (χ2n) is 7.21. The number of nitrogens with one attached hydrogen (secondary N) is 1. The van der Waals surface area contributed by atoms with Crippen molar-refractivity contribution in [3.63, 3.8) is 0 Å². The van der Waals surface area contributed by atoms with E-state index in [9.17, 15) is 0 Å². The van der Waals surface area contributed by atoms with E-state index in [2.05, 4.69) is 63.9 Å². The molecule has 0 saturated carbocycles. The van der Waals surface area contributed by atoms with E-state index in [-0.39, 0.29) is 0 Å². The van der Waals surface area contributed by atoms with E-state index in [1.807, 2.05) is 0 Å². The number of rotatable bonds is 13. The highest BCUT2D eigenvalue weighted by Crippen LogP contribution is 2.25. The van der Waals surface area contributed by atoms with Crippen LogP contribution in [0.15, 0.2) is 36.5 Å². The van der Waals surface area contributed by atoms with Gasteiger partial charge in [0.05, 0.1) is 0 Å². The number of aryl methyl sites for hydroxylation is 1. The molecule has 1 nitrogen and oxygen atoms in total. The lowest BCUT2D eigenvalue weighted by Crippen LogP contribution is -2.31. The van der Waals surface area contributed by atoms with E-state index in [4.69, 9.17) is 0 Å². The minimum atomic E-state index is 0.440. The molecule has 2 atom stereocenters. The molecule has 0 heterocycles. The average molecular weight is 330 g/mol.